The van der Waals surface area contributed by atoms with Gasteiger partial charge in [-0.25, -0.2) is 18.4 Å². The van der Waals surface area contributed by atoms with Gasteiger partial charge in [0.2, 0.25) is 15.0 Å². The van der Waals surface area contributed by atoms with E-state index in [0.717, 1.165) is 18.4 Å². The van der Waals surface area contributed by atoms with Crippen LogP contribution in [0.1, 0.15) is 5.56 Å². The van der Waals surface area contributed by atoms with Crippen LogP contribution in [0.4, 0.5) is 13.2 Å². The Labute approximate surface area is 162 Å². The van der Waals surface area contributed by atoms with Gasteiger partial charge >= 0.3 is 6.18 Å². The maximum atomic E-state index is 13.0. The fraction of sp³-hybridized carbons (Fsp3) is 0.111. The van der Waals surface area contributed by atoms with E-state index >= 15 is 0 Å². The van der Waals surface area contributed by atoms with Gasteiger partial charge < -0.3 is 0 Å². The second kappa shape index (κ2) is 6.62. The summed E-state index contributed by atoms with van der Waals surface area (Å²) in [4.78, 5) is 12.1. The van der Waals surface area contributed by atoms with Crippen molar-refractivity contribution in [2.24, 2.45) is 0 Å². The quantitative estimate of drug-likeness (QED) is 0.473. The molecule has 0 radical (unpaired) electrons. The largest absolute Gasteiger partial charge is 0.416 e. The van der Waals surface area contributed by atoms with Crippen molar-refractivity contribution in [1.82, 2.24) is 24.7 Å². The molecule has 0 saturated heterocycles. The molecule has 0 fully saturated rings. The molecule has 0 amide bonds. The van der Waals surface area contributed by atoms with Crippen LogP contribution < -0.4 is 0 Å². The molecule has 0 aliphatic rings. The van der Waals surface area contributed by atoms with Gasteiger partial charge in [-0.1, -0.05) is 12.1 Å². The topological polar surface area (TPSA) is 90.6 Å². The van der Waals surface area contributed by atoms with Crippen molar-refractivity contribution < 1.29 is 21.6 Å². The Kier molecular flexibility index (Phi) is 4.34. The first-order chi connectivity index (χ1) is 13.6. The minimum absolute atomic E-state index is 0.170. The minimum Gasteiger partial charge on any atom is -0.228 e. The number of benzene rings is 1. The first kappa shape index (κ1) is 19.0. The molecule has 1 aromatic carbocycles. The number of sulfone groups is 1. The predicted octanol–water partition coefficient (Wildman–Crippen LogP) is 3.30. The molecule has 0 unspecified atom stereocenters. The number of hydrogen-bond acceptors (Lipinski definition) is 6. The van der Waals surface area contributed by atoms with Crippen molar-refractivity contribution >= 4 is 20.9 Å². The molecule has 148 valence electrons. The molecule has 0 aliphatic heterocycles. The molecule has 0 spiro atoms. The highest BCUT2D eigenvalue weighted by Crippen LogP contribution is 2.32. The van der Waals surface area contributed by atoms with E-state index in [-0.39, 0.29) is 16.5 Å². The Morgan fingerprint density at radius 2 is 1.83 bits per heavy atom. The predicted molar refractivity (Wildman–Crippen MR) is 98.0 cm³/mol. The van der Waals surface area contributed by atoms with Crippen LogP contribution in [-0.4, -0.2) is 39.4 Å². The molecule has 0 N–H and O–H groups in total. The normalized spacial score (nSPS) is 12.4. The van der Waals surface area contributed by atoms with E-state index in [4.69, 9.17) is 0 Å². The fourth-order valence-electron chi connectivity index (χ4n) is 2.72. The molecule has 7 nitrogen and oxygen atoms in total. The van der Waals surface area contributed by atoms with Gasteiger partial charge in [0.15, 0.2) is 11.5 Å². The summed E-state index contributed by atoms with van der Waals surface area (Å²) in [6.07, 6.45) is -0.703. The summed E-state index contributed by atoms with van der Waals surface area (Å²) in [6, 6.07) is 9.55. The summed E-state index contributed by atoms with van der Waals surface area (Å²) in [6.45, 7) is 0. The molecular formula is C18H12F3N5O2S. The summed E-state index contributed by atoms with van der Waals surface area (Å²) >= 11 is 0. The maximum Gasteiger partial charge on any atom is 0.416 e. The average molecular weight is 419 g/mol. The van der Waals surface area contributed by atoms with Gasteiger partial charge in [-0.05, 0) is 24.3 Å². The van der Waals surface area contributed by atoms with Gasteiger partial charge in [0.25, 0.3) is 0 Å². The highest BCUT2D eigenvalue weighted by molar-refractivity contribution is 7.90. The Morgan fingerprint density at radius 1 is 1.03 bits per heavy atom. The lowest BCUT2D eigenvalue weighted by Gasteiger charge is -2.09. The molecule has 3 heterocycles. The smallest absolute Gasteiger partial charge is 0.228 e. The third-order valence-corrected chi connectivity index (χ3v) is 4.93. The molecule has 3 aromatic heterocycles. The van der Waals surface area contributed by atoms with E-state index in [1.165, 1.54) is 35.3 Å². The summed E-state index contributed by atoms with van der Waals surface area (Å²) in [5, 5.41) is 4.41. The van der Waals surface area contributed by atoms with Crippen molar-refractivity contribution in [2.75, 3.05) is 6.26 Å². The molecule has 4 rings (SSSR count). The SMILES string of the molecule is CS(=O)(=O)c1nccc(-n2ncc3ccc(-c4cccc(C(F)(F)F)c4)nc32)n1. The first-order valence-electron chi connectivity index (χ1n) is 8.19. The van der Waals surface area contributed by atoms with Crippen LogP contribution >= 0.6 is 0 Å². The van der Waals surface area contributed by atoms with Crippen molar-refractivity contribution in [3.05, 3.63) is 60.4 Å². The standard InChI is InChI=1S/C18H12F3N5O2S/c1-29(27,28)17-22-8-7-15(25-17)26-16-12(10-23-26)5-6-14(24-16)11-3-2-4-13(9-11)18(19,20)21/h2-10H,1H3. The van der Waals surface area contributed by atoms with Gasteiger partial charge in [-0.2, -0.15) is 27.9 Å². The maximum absolute atomic E-state index is 13.0. The molecular weight excluding hydrogens is 407 g/mol. The van der Waals surface area contributed by atoms with Crippen LogP contribution in [-0.2, 0) is 16.0 Å². The number of alkyl halides is 3. The second-order valence-electron chi connectivity index (χ2n) is 6.21. The molecule has 0 atom stereocenters. The van der Waals surface area contributed by atoms with Crippen molar-refractivity contribution in [2.45, 2.75) is 11.3 Å². The Bertz CT molecular complexity index is 1330. The highest BCUT2D eigenvalue weighted by Gasteiger charge is 2.30. The van der Waals surface area contributed by atoms with Crippen LogP contribution in [0, 0.1) is 0 Å². The number of halogens is 3. The lowest BCUT2D eigenvalue weighted by molar-refractivity contribution is -0.137. The van der Waals surface area contributed by atoms with Crippen LogP contribution in [0.5, 0.6) is 0 Å². The van der Waals surface area contributed by atoms with Crippen molar-refractivity contribution in [1.29, 1.82) is 0 Å². The van der Waals surface area contributed by atoms with E-state index in [9.17, 15) is 21.6 Å². The summed E-state index contributed by atoms with van der Waals surface area (Å²) in [7, 11) is -3.63. The zero-order valence-corrected chi connectivity index (χ0v) is 15.6. The molecule has 0 aliphatic carbocycles. The number of pyridine rings is 1. The Balaban J connectivity index is 1.85. The van der Waals surface area contributed by atoms with Crippen molar-refractivity contribution in [3.8, 4) is 17.1 Å². The zero-order chi connectivity index (χ0) is 20.8. The van der Waals surface area contributed by atoms with Crippen LogP contribution in [0.25, 0.3) is 28.1 Å². The lowest BCUT2D eigenvalue weighted by atomic mass is 10.1. The van der Waals surface area contributed by atoms with Gasteiger partial charge in [-0.15, -0.1) is 0 Å². The first-order valence-corrected chi connectivity index (χ1v) is 10.1. The van der Waals surface area contributed by atoms with Crippen molar-refractivity contribution in [3.63, 3.8) is 0 Å². The van der Waals surface area contributed by atoms with Gasteiger partial charge in [0.1, 0.15) is 0 Å². The molecule has 4 aromatic rings. The average Bonchev–Trinajstić information content (AvgIpc) is 3.10. The zero-order valence-electron chi connectivity index (χ0n) is 14.8. The number of fused-ring (bicyclic) bond motifs is 1. The summed E-state index contributed by atoms with van der Waals surface area (Å²) < 4.78 is 63.8. The van der Waals surface area contributed by atoms with Crippen LogP contribution in [0.2, 0.25) is 0 Å². The minimum atomic E-state index is -4.47. The third kappa shape index (κ3) is 3.68. The molecule has 0 bridgehead atoms. The second-order valence-corrected chi connectivity index (χ2v) is 8.12. The molecule has 0 saturated carbocycles. The summed E-state index contributed by atoms with van der Waals surface area (Å²) in [5.74, 6) is 0.170. The van der Waals surface area contributed by atoms with Gasteiger partial charge in [0, 0.05) is 29.5 Å². The van der Waals surface area contributed by atoms with Gasteiger partial charge in [-0.3, -0.25) is 0 Å². The van der Waals surface area contributed by atoms with E-state index in [0.29, 0.717) is 16.7 Å². The third-order valence-electron chi connectivity index (χ3n) is 4.07. The number of rotatable bonds is 3. The Hall–Kier alpha value is -3.34. The van der Waals surface area contributed by atoms with E-state index in [2.05, 4.69) is 20.1 Å². The van der Waals surface area contributed by atoms with Gasteiger partial charge in [0.05, 0.1) is 17.5 Å². The number of hydrogen-bond donors (Lipinski definition) is 0. The number of nitrogens with zero attached hydrogens (tertiary/aromatic N) is 5. The number of aromatic nitrogens is 5. The van der Waals surface area contributed by atoms with Crippen LogP contribution in [0.3, 0.4) is 0 Å². The Morgan fingerprint density at radius 3 is 2.55 bits per heavy atom. The molecule has 11 heteroatoms. The fourth-order valence-corrected chi connectivity index (χ4v) is 3.23. The van der Waals surface area contributed by atoms with Crippen LogP contribution in [0.15, 0.2) is 60.0 Å². The monoisotopic (exact) mass is 419 g/mol. The summed E-state index contributed by atoms with van der Waals surface area (Å²) in [5.41, 5.74) is 0.133. The van der Waals surface area contributed by atoms with E-state index < -0.39 is 21.6 Å². The highest BCUT2D eigenvalue weighted by atomic mass is 32.2. The lowest BCUT2D eigenvalue weighted by Crippen LogP contribution is -2.08. The van der Waals surface area contributed by atoms with E-state index in [1.807, 2.05) is 0 Å². The van der Waals surface area contributed by atoms with E-state index in [1.54, 1.807) is 12.1 Å². The molecule has 29 heavy (non-hydrogen) atoms.